The minimum Gasteiger partial charge on any atom is -0.351 e. The summed E-state index contributed by atoms with van der Waals surface area (Å²) < 4.78 is 0. The average molecular weight is 271 g/mol. The van der Waals surface area contributed by atoms with Crippen LogP contribution in [0.5, 0.6) is 0 Å². The highest BCUT2D eigenvalue weighted by molar-refractivity contribution is 5.94. The second-order valence-electron chi connectivity index (χ2n) is 4.94. The van der Waals surface area contributed by atoms with Gasteiger partial charge in [-0.05, 0) is 12.3 Å². The molecule has 0 saturated heterocycles. The van der Waals surface area contributed by atoms with Gasteiger partial charge in [-0.3, -0.25) is 9.89 Å². The van der Waals surface area contributed by atoms with Crippen molar-refractivity contribution in [2.45, 2.75) is 32.2 Å². The number of nitrogens with one attached hydrogen (secondary N) is 3. The Morgan fingerprint density at radius 3 is 3.06 bits per heavy atom. The number of halogens is 1. The predicted octanol–water partition coefficient (Wildman–Crippen LogP) is 1.01. The first-order valence-corrected chi connectivity index (χ1v) is 6.39. The van der Waals surface area contributed by atoms with Gasteiger partial charge in [0.05, 0.1) is 0 Å². The lowest BCUT2D eigenvalue weighted by Gasteiger charge is -2.12. The molecule has 0 spiro atoms. The summed E-state index contributed by atoms with van der Waals surface area (Å²) >= 11 is 0. The van der Waals surface area contributed by atoms with Crippen molar-refractivity contribution in [2.24, 2.45) is 5.92 Å². The number of H-pyrrole nitrogens is 1. The quantitative estimate of drug-likeness (QED) is 0.765. The molecule has 100 valence electrons. The van der Waals surface area contributed by atoms with Crippen molar-refractivity contribution < 1.29 is 4.79 Å². The molecule has 1 aliphatic carbocycles. The fourth-order valence-electron chi connectivity index (χ4n) is 2.29. The third kappa shape index (κ3) is 2.84. The topological polar surface area (TPSA) is 69.8 Å². The number of aromatic amines is 1. The van der Waals surface area contributed by atoms with Crippen molar-refractivity contribution in [3.05, 3.63) is 17.0 Å². The molecule has 0 unspecified atom stereocenters. The van der Waals surface area contributed by atoms with E-state index in [1.165, 1.54) is 12.8 Å². The van der Waals surface area contributed by atoms with Gasteiger partial charge in [0.25, 0.3) is 5.91 Å². The molecule has 18 heavy (non-hydrogen) atoms. The van der Waals surface area contributed by atoms with E-state index in [4.69, 9.17) is 0 Å². The van der Waals surface area contributed by atoms with Gasteiger partial charge in [-0.2, -0.15) is 5.10 Å². The van der Waals surface area contributed by atoms with Crippen LogP contribution in [-0.2, 0) is 13.0 Å². The molecule has 6 heteroatoms. The number of fused-ring (bicyclic) bond motifs is 1. The summed E-state index contributed by atoms with van der Waals surface area (Å²) in [6.45, 7) is 2.48. The van der Waals surface area contributed by atoms with Crippen molar-refractivity contribution >= 4 is 18.3 Å². The zero-order valence-electron chi connectivity index (χ0n) is 10.3. The van der Waals surface area contributed by atoms with Gasteiger partial charge in [0, 0.05) is 37.3 Å². The average Bonchev–Trinajstić information content (AvgIpc) is 3.07. The van der Waals surface area contributed by atoms with Crippen LogP contribution in [0.4, 0.5) is 0 Å². The van der Waals surface area contributed by atoms with Crippen LogP contribution in [0.25, 0.3) is 0 Å². The number of carbonyl (C=O) groups excluding carboxylic acids is 1. The van der Waals surface area contributed by atoms with E-state index in [0.717, 1.165) is 49.7 Å². The first-order valence-electron chi connectivity index (χ1n) is 6.39. The van der Waals surface area contributed by atoms with E-state index in [2.05, 4.69) is 20.8 Å². The second kappa shape index (κ2) is 5.71. The van der Waals surface area contributed by atoms with Crippen LogP contribution in [0.1, 0.15) is 41.0 Å². The minimum absolute atomic E-state index is 0. The molecule has 3 N–H and O–H groups in total. The van der Waals surface area contributed by atoms with Gasteiger partial charge in [-0.15, -0.1) is 12.4 Å². The lowest BCUT2D eigenvalue weighted by molar-refractivity contribution is 0.0946. The van der Waals surface area contributed by atoms with Crippen LogP contribution in [-0.4, -0.2) is 29.2 Å². The maximum Gasteiger partial charge on any atom is 0.272 e. The Labute approximate surface area is 113 Å². The number of hydrogen-bond acceptors (Lipinski definition) is 3. The van der Waals surface area contributed by atoms with Crippen molar-refractivity contribution in [3.8, 4) is 0 Å². The Morgan fingerprint density at radius 1 is 1.44 bits per heavy atom. The lowest BCUT2D eigenvalue weighted by Crippen LogP contribution is -2.29. The predicted molar refractivity (Wildman–Crippen MR) is 70.9 cm³/mol. The Balaban J connectivity index is 0.00000120. The van der Waals surface area contributed by atoms with Gasteiger partial charge in [-0.25, -0.2) is 0 Å². The number of rotatable bonds is 4. The molecule has 1 aromatic rings. The number of carbonyl (C=O) groups is 1. The zero-order chi connectivity index (χ0) is 11.7. The smallest absolute Gasteiger partial charge is 0.272 e. The Hall–Kier alpha value is -1.07. The van der Waals surface area contributed by atoms with Gasteiger partial charge in [0.2, 0.25) is 0 Å². The van der Waals surface area contributed by atoms with Gasteiger partial charge in [0.15, 0.2) is 5.69 Å². The van der Waals surface area contributed by atoms with Gasteiger partial charge in [0.1, 0.15) is 0 Å². The summed E-state index contributed by atoms with van der Waals surface area (Å²) in [5.41, 5.74) is 2.72. The molecule has 0 bridgehead atoms. The summed E-state index contributed by atoms with van der Waals surface area (Å²) in [6, 6.07) is 0. The van der Waals surface area contributed by atoms with Crippen LogP contribution >= 0.6 is 12.4 Å². The van der Waals surface area contributed by atoms with Crippen molar-refractivity contribution in [3.63, 3.8) is 0 Å². The van der Waals surface area contributed by atoms with E-state index in [9.17, 15) is 4.79 Å². The Bertz CT molecular complexity index is 428. The largest absolute Gasteiger partial charge is 0.351 e. The van der Waals surface area contributed by atoms with Crippen LogP contribution < -0.4 is 10.6 Å². The van der Waals surface area contributed by atoms with Gasteiger partial charge < -0.3 is 10.6 Å². The molecule has 0 atom stereocenters. The highest BCUT2D eigenvalue weighted by Gasteiger charge is 2.23. The Kier molecular flexibility index (Phi) is 4.24. The SMILES string of the molecule is Cl.O=C(NCCC1CC1)c1n[nH]c2c1CNCC2. The third-order valence-electron chi connectivity index (χ3n) is 3.56. The van der Waals surface area contributed by atoms with Gasteiger partial charge in [-0.1, -0.05) is 12.8 Å². The summed E-state index contributed by atoms with van der Waals surface area (Å²) in [5.74, 6) is 0.817. The monoisotopic (exact) mass is 270 g/mol. The van der Waals surface area contributed by atoms with E-state index < -0.39 is 0 Å². The van der Waals surface area contributed by atoms with Crippen LogP contribution in [0.2, 0.25) is 0 Å². The molecule has 5 nitrogen and oxygen atoms in total. The summed E-state index contributed by atoms with van der Waals surface area (Å²) in [4.78, 5) is 12.0. The normalized spacial score (nSPS) is 17.8. The lowest BCUT2D eigenvalue weighted by atomic mass is 10.1. The zero-order valence-corrected chi connectivity index (χ0v) is 11.1. The summed E-state index contributed by atoms with van der Waals surface area (Å²) in [5, 5.41) is 13.3. The van der Waals surface area contributed by atoms with Crippen molar-refractivity contribution in [2.75, 3.05) is 13.1 Å². The van der Waals surface area contributed by atoms with Crippen LogP contribution in [0.15, 0.2) is 0 Å². The minimum atomic E-state index is -0.0353. The number of amides is 1. The highest BCUT2D eigenvalue weighted by atomic mass is 35.5. The van der Waals surface area contributed by atoms with Gasteiger partial charge >= 0.3 is 0 Å². The summed E-state index contributed by atoms with van der Waals surface area (Å²) in [6.07, 6.45) is 4.70. The van der Waals surface area contributed by atoms with E-state index in [1.54, 1.807) is 0 Å². The van der Waals surface area contributed by atoms with E-state index in [0.29, 0.717) is 5.69 Å². The molecule has 2 aliphatic rings. The molecular weight excluding hydrogens is 252 g/mol. The number of hydrogen-bond donors (Lipinski definition) is 3. The molecule has 1 fully saturated rings. The maximum absolute atomic E-state index is 12.0. The standard InChI is InChI=1S/C12H18N4O.ClH/c17-12(14-6-3-8-1-2-8)11-9-7-13-5-4-10(9)15-16-11;/h8,13H,1-7H2,(H,14,17)(H,15,16);1H. The van der Waals surface area contributed by atoms with Crippen molar-refractivity contribution in [1.82, 2.24) is 20.8 Å². The molecule has 1 amide bonds. The van der Waals surface area contributed by atoms with E-state index >= 15 is 0 Å². The molecule has 0 radical (unpaired) electrons. The first kappa shape index (κ1) is 13.4. The molecule has 1 aliphatic heterocycles. The van der Waals surface area contributed by atoms with E-state index in [1.807, 2.05) is 0 Å². The first-order chi connectivity index (χ1) is 8.34. The fourth-order valence-corrected chi connectivity index (χ4v) is 2.29. The second-order valence-corrected chi connectivity index (χ2v) is 4.94. The van der Waals surface area contributed by atoms with Crippen LogP contribution in [0, 0.1) is 5.92 Å². The Morgan fingerprint density at radius 2 is 2.28 bits per heavy atom. The number of nitrogens with zero attached hydrogens (tertiary/aromatic N) is 1. The third-order valence-corrected chi connectivity index (χ3v) is 3.56. The van der Waals surface area contributed by atoms with Crippen LogP contribution in [0.3, 0.4) is 0 Å². The molecule has 2 heterocycles. The molecule has 1 aromatic heterocycles. The molecular formula is C12H19ClN4O. The van der Waals surface area contributed by atoms with Crippen molar-refractivity contribution in [1.29, 1.82) is 0 Å². The summed E-state index contributed by atoms with van der Waals surface area (Å²) in [7, 11) is 0. The highest BCUT2D eigenvalue weighted by Crippen LogP contribution is 2.31. The number of aromatic nitrogens is 2. The molecule has 3 rings (SSSR count). The molecule has 0 aromatic carbocycles. The fraction of sp³-hybridized carbons (Fsp3) is 0.667. The molecule has 1 saturated carbocycles. The van der Waals surface area contributed by atoms with E-state index in [-0.39, 0.29) is 18.3 Å². The maximum atomic E-state index is 12.0.